The van der Waals surface area contributed by atoms with Gasteiger partial charge in [-0.3, -0.25) is 5.32 Å². The molecule has 0 saturated heterocycles. The second kappa shape index (κ2) is 7.32. The number of rotatable bonds is 4. The number of aromatic nitrogens is 4. The lowest BCUT2D eigenvalue weighted by Gasteiger charge is -2.12. The van der Waals surface area contributed by atoms with Crippen molar-refractivity contribution < 1.29 is 27.4 Å². The normalized spacial score (nSPS) is 11.1. The van der Waals surface area contributed by atoms with E-state index < -0.39 is 23.7 Å². The van der Waals surface area contributed by atoms with Gasteiger partial charge in [0, 0.05) is 24.1 Å². The van der Waals surface area contributed by atoms with Gasteiger partial charge in [-0.2, -0.15) is 23.0 Å². The van der Waals surface area contributed by atoms with Crippen LogP contribution in [0.2, 0.25) is 0 Å². The van der Waals surface area contributed by atoms with Crippen molar-refractivity contribution in [2.75, 3.05) is 12.4 Å². The van der Waals surface area contributed by atoms with E-state index in [-0.39, 0.29) is 11.6 Å². The summed E-state index contributed by atoms with van der Waals surface area (Å²) in [7, 11) is 1.44. The molecule has 8 nitrogen and oxygen atoms in total. The van der Waals surface area contributed by atoms with Crippen LogP contribution in [-0.4, -0.2) is 33.0 Å². The first-order valence-corrected chi connectivity index (χ1v) is 7.44. The van der Waals surface area contributed by atoms with Gasteiger partial charge in [0.2, 0.25) is 0 Å². The van der Waals surface area contributed by atoms with Gasteiger partial charge in [-0.25, -0.2) is 14.8 Å². The summed E-state index contributed by atoms with van der Waals surface area (Å²) in [5.41, 5.74) is -1.03. The number of nitrogens with one attached hydrogen (secondary N) is 1. The molecule has 140 valence electrons. The van der Waals surface area contributed by atoms with Crippen molar-refractivity contribution in [2.45, 2.75) is 6.18 Å². The van der Waals surface area contributed by atoms with Crippen LogP contribution in [-0.2, 0) is 6.18 Å². The minimum Gasteiger partial charge on any atom is -0.497 e. The predicted molar refractivity (Wildman–Crippen MR) is 86.8 cm³/mol. The first-order valence-electron chi connectivity index (χ1n) is 7.44. The lowest BCUT2D eigenvalue weighted by atomic mass is 10.3. The van der Waals surface area contributed by atoms with Gasteiger partial charge < -0.3 is 9.47 Å². The number of hydrogen-bond acceptors (Lipinski definition) is 6. The second-order valence-corrected chi connectivity index (χ2v) is 5.06. The van der Waals surface area contributed by atoms with Crippen LogP contribution < -0.4 is 14.8 Å². The topological polar surface area (TPSA) is 91.2 Å². The Morgan fingerprint density at radius 3 is 2.59 bits per heavy atom. The summed E-state index contributed by atoms with van der Waals surface area (Å²) in [5, 5.41) is 5.90. The third-order valence-electron chi connectivity index (χ3n) is 3.26. The van der Waals surface area contributed by atoms with Crippen molar-refractivity contribution >= 4 is 11.8 Å². The van der Waals surface area contributed by atoms with Crippen LogP contribution in [0.15, 0.2) is 48.9 Å². The van der Waals surface area contributed by atoms with Crippen LogP contribution >= 0.6 is 0 Å². The van der Waals surface area contributed by atoms with Crippen molar-refractivity contribution in [1.29, 1.82) is 0 Å². The van der Waals surface area contributed by atoms with Crippen molar-refractivity contribution in [2.24, 2.45) is 0 Å². The van der Waals surface area contributed by atoms with E-state index in [9.17, 15) is 18.0 Å². The fourth-order valence-electron chi connectivity index (χ4n) is 2.16. The summed E-state index contributed by atoms with van der Waals surface area (Å²) in [4.78, 5) is 19.4. The van der Waals surface area contributed by atoms with Crippen molar-refractivity contribution in [3.05, 3.63) is 54.6 Å². The molecular weight excluding hydrogens is 367 g/mol. The molecule has 0 bridgehead atoms. The summed E-state index contributed by atoms with van der Waals surface area (Å²) in [6.07, 6.45) is -2.69. The summed E-state index contributed by atoms with van der Waals surface area (Å²) >= 11 is 0. The average Bonchev–Trinajstić information content (AvgIpc) is 3.06. The van der Waals surface area contributed by atoms with E-state index in [0.717, 1.165) is 6.20 Å². The van der Waals surface area contributed by atoms with Gasteiger partial charge in [0.1, 0.15) is 5.75 Å². The van der Waals surface area contributed by atoms with Gasteiger partial charge in [0.05, 0.1) is 13.3 Å². The Kier molecular flexibility index (Phi) is 4.92. The molecule has 27 heavy (non-hydrogen) atoms. The molecule has 2 aromatic heterocycles. The van der Waals surface area contributed by atoms with E-state index in [2.05, 4.69) is 20.4 Å². The van der Waals surface area contributed by atoms with Crippen LogP contribution in [0.1, 0.15) is 5.69 Å². The number of halogens is 3. The highest BCUT2D eigenvalue weighted by Gasteiger charge is 2.41. The Labute approximate surface area is 150 Å². The van der Waals surface area contributed by atoms with Crippen LogP contribution in [0.5, 0.6) is 11.5 Å². The molecule has 1 N–H and O–H groups in total. The van der Waals surface area contributed by atoms with Crippen molar-refractivity contribution in [1.82, 2.24) is 19.7 Å². The first-order chi connectivity index (χ1) is 12.9. The Balaban J connectivity index is 1.86. The lowest BCUT2D eigenvalue weighted by molar-refractivity contribution is -0.143. The first kappa shape index (κ1) is 18.2. The van der Waals surface area contributed by atoms with E-state index >= 15 is 0 Å². The number of carbonyl (C=O) groups excluding carboxylic acids is 1. The van der Waals surface area contributed by atoms with Gasteiger partial charge in [-0.15, -0.1) is 0 Å². The molecule has 0 radical (unpaired) electrons. The Hall–Kier alpha value is -3.63. The highest BCUT2D eigenvalue weighted by molar-refractivity contribution is 5.86. The summed E-state index contributed by atoms with van der Waals surface area (Å²) in [6.45, 7) is 0. The molecule has 0 saturated carbocycles. The number of benzene rings is 1. The fourth-order valence-corrected chi connectivity index (χ4v) is 2.16. The highest BCUT2D eigenvalue weighted by atomic mass is 19.4. The minimum atomic E-state index is -4.86. The Morgan fingerprint density at radius 2 is 1.93 bits per heavy atom. The number of alkyl halides is 3. The maximum atomic E-state index is 13.5. The number of carbonyl (C=O) groups is 1. The molecule has 1 amide bonds. The van der Waals surface area contributed by atoms with Crippen LogP contribution in [0.3, 0.4) is 0 Å². The summed E-state index contributed by atoms with van der Waals surface area (Å²) in [6, 6.07) is 7.69. The van der Waals surface area contributed by atoms with Crippen LogP contribution in [0.4, 0.5) is 23.7 Å². The standard InChI is InChI=1S/C16H12F3N5O3/c1-26-11-5-2-4-10(8-11)23-15(25)27-12-9-22-24(13(12)16(17,18)19)14-20-6-3-7-21-14/h2-9H,1H3,(H,23,25). The van der Waals surface area contributed by atoms with Crippen molar-refractivity contribution in [3.8, 4) is 17.4 Å². The molecule has 0 spiro atoms. The lowest BCUT2D eigenvalue weighted by Crippen LogP contribution is -2.20. The van der Waals surface area contributed by atoms with Crippen LogP contribution in [0.25, 0.3) is 5.95 Å². The predicted octanol–water partition coefficient (Wildman–Crippen LogP) is 3.30. The number of nitrogens with zero attached hydrogens (tertiary/aromatic N) is 4. The molecule has 0 aliphatic heterocycles. The zero-order valence-electron chi connectivity index (χ0n) is 13.8. The molecule has 2 heterocycles. The largest absolute Gasteiger partial charge is 0.497 e. The van der Waals surface area contributed by atoms with E-state index in [1.165, 1.54) is 37.7 Å². The number of anilines is 1. The number of amides is 1. The number of ether oxygens (including phenoxy) is 2. The van der Waals surface area contributed by atoms with E-state index in [4.69, 9.17) is 9.47 Å². The van der Waals surface area contributed by atoms with E-state index in [1.807, 2.05) is 0 Å². The zero-order chi connectivity index (χ0) is 19.4. The SMILES string of the molecule is COc1cccc(NC(=O)Oc2cnn(-c3ncccn3)c2C(F)(F)F)c1. The third kappa shape index (κ3) is 4.14. The zero-order valence-corrected chi connectivity index (χ0v) is 13.8. The maximum absolute atomic E-state index is 13.5. The smallest absolute Gasteiger partial charge is 0.437 e. The van der Waals surface area contributed by atoms with Crippen LogP contribution in [0, 0.1) is 0 Å². The maximum Gasteiger partial charge on any atom is 0.437 e. The molecule has 0 aliphatic carbocycles. The van der Waals surface area contributed by atoms with Gasteiger partial charge >= 0.3 is 12.3 Å². The molecule has 0 unspecified atom stereocenters. The Morgan fingerprint density at radius 1 is 1.19 bits per heavy atom. The molecule has 0 fully saturated rings. The molecule has 1 aromatic carbocycles. The average molecular weight is 379 g/mol. The van der Waals surface area contributed by atoms with E-state index in [1.54, 1.807) is 12.1 Å². The summed E-state index contributed by atoms with van der Waals surface area (Å²) < 4.78 is 50.6. The van der Waals surface area contributed by atoms with E-state index in [0.29, 0.717) is 10.4 Å². The summed E-state index contributed by atoms with van der Waals surface area (Å²) in [5.74, 6) is -0.638. The third-order valence-corrected chi connectivity index (χ3v) is 3.26. The molecule has 3 aromatic rings. The molecule has 0 atom stereocenters. The fraction of sp³-hybridized carbons (Fsp3) is 0.125. The molecular formula is C16H12F3N5O3. The monoisotopic (exact) mass is 379 g/mol. The van der Waals surface area contributed by atoms with Gasteiger partial charge in [-0.05, 0) is 18.2 Å². The number of hydrogen-bond donors (Lipinski definition) is 1. The molecule has 11 heteroatoms. The molecule has 0 aliphatic rings. The minimum absolute atomic E-state index is 0.284. The molecule has 3 rings (SSSR count). The van der Waals surface area contributed by atoms with Gasteiger partial charge in [0.15, 0.2) is 11.4 Å². The second-order valence-electron chi connectivity index (χ2n) is 5.06. The Bertz CT molecular complexity index is 944. The quantitative estimate of drug-likeness (QED) is 0.748. The highest BCUT2D eigenvalue weighted by Crippen LogP contribution is 2.37. The van der Waals surface area contributed by atoms with Gasteiger partial charge in [0.25, 0.3) is 5.95 Å². The number of methoxy groups -OCH3 is 1. The van der Waals surface area contributed by atoms with Crippen molar-refractivity contribution in [3.63, 3.8) is 0 Å². The van der Waals surface area contributed by atoms with Gasteiger partial charge in [-0.1, -0.05) is 6.07 Å².